The third kappa shape index (κ3) is 3.38. The van der Waals surface area contributed by atoms with Gasteiger partial charge in [-0.15, -0.1) is 0 Å². The first-order chi connectivity index (χ1) is 10.0. The molecule has 2 rings (SSSR count). The summed E-state index contributed by atoms with van der Waals surface area (Å²) in [6.07, 6.45) is 0. The van der Waals surface area contributed by atoms with Crippen LogP contribution in [-0.4, -0.2) is 17.1 Å². The van der Waals surface area contributed by atoms with Crippen LogP contribution in [-0.2, 0) is 6.54 Å². The Labute approximate surface area is 119 Å². The summed E-state index contributed by atoms with van der Waals surface area (Å²) in [4.78, 5) is 10.2. The van der Waals surface area contributed by atoms with Crippen LogP contribution >= 0.6 is 0 Å². The number of nitro benzene ring substituents is 1. The maximum absolute atomic E-state index is 13.0. The van der Waals surface area contributed by atoms with Gasteiger partial charge in [-0.25, -0.2) is 4.39 Å². The smallest absolute Gasteiger partial charge is 0.295 e. The Balaban J connectivity index is 2.18. The highest BCUT2D eigenvalue weighted by atomic mass is 19.1. The summed E-state index contributed by atoms with van der Waals surface area (Å²) < 4.78 is 18.0. The van der Waals surface area contributed by atoms with Crippen LogP contribution in [0.15, 0.2) is 36.4 Å². The maximum atomic E-state index is 13.0. The van der Waals surface area contributed by atoms with E-state index in [4.69, 9.17) is 4.74 Å². The fourth-order valence-corrected chi connectivity index (χ4v) is 1.82. The number of nitrogens with one attached hydrogen (secondary N) is 1. The zero-order chi connectivity index (χ0) is 15.4. The van der Waals surface area contributed by atoms with Gasteiger partial charge in [-0.1, -0.05) is 0 Å². The monoisotopic (exact) mass is 292 g/mol. The van der Waals surface area contributed by atoms with Gasteiger partial charge < -0.3 is 15.2 Å². The summed E-state index contributed by atoms with van der Waals surface area (Å²) >= 11 is 0. The molecule has 0 saturated heterocycles. The van der Waals surface area contributed by atoms with Gasteiger partial charge in [-0.05, 0) is 24.3 Å². The minimum Gasteiger partial charge on any atom is -0.507 e. The molecule has 0 aliphatic rings. The molecule has 0 bridgehead atoms. The molecule has 2 aromatic carbocycles. The van der Waals surface area contributed by atoms with Crippen molar-refractivity contribution in [3.05, 3.63) is 57.9 Å². The Bertz CT molecular complexity index is 676. The third-order valence-electron chi connectivity index (χ3n) is 2.92. The molecule has 0 aliphatic carbocycles. The molecule has 21 heavy (non-hydrogen) atoms. The highest BCUT2D eigenvalue weighted by Crippen LogP contribution is 2.28. The molecule has 0 amide bonds. The van der Waals surface area contributed by atoms with Crippen LogP contribution in [0.4, 0.5) is 15.8 Å². The first kappa shape index (κ1) is 14.6. The van der Waals surface area contributed by atoms with E-state index >= 15 is 0 Å². The van der Waals surface area contributed by atoms with Crippen LogP contribution in [0, 0.1) is 15.9 Å². The fraction of sp³-hybridized carbons (Fsp3) is 0.143. The second-order valence-electron chi connectivity index (χ2n) is 4.27. The maximum Gasteiger partial charge on any atom is 0.295 e. The number of phenols is 1. The highest BCUT2D eigenvalue weighted by molar-refractivity contribution is 5.61. The van der Waals surface area contributed by atoms with E-state index in [9.17, 15) is 19.6 Å². The molecule has 2 aromatic rings. The van der Waals surface area contributed by atoms with Gasteiger partial charge in [0.15, 0.2) is 0 Å². The number of rotatable bonds is 5. The van der Waals surface area contributed by atoms with E-state index in [1.807, 2.05) is 0 Å². The van der Waals surface area contributed by atoms with Gasteiger partial charge in [-0.3, -0.25) is 10.1 Å². The Morgan fingerprint density at radius 3 is 2.71 bits per heavy atom. The minimum atomic E-state index is -0.681. The van der Waals surface area contributed by atoms with Crippen LogP contribution in [0.25, 0.3) is 0 Å². The molecule has 0 saturated carbocycles. The molecule has 2 N–H and O–H groups in total. The van der Waals surface area contributed by atoms with E-state index in [0.29, 0.717) is 11.3 Å². The first-order valence-corrected chi connectivity index (χ1v) is 6.05. The van der Waals surface area contributed by atoms with Crippen molar-refractivity contribution in [2.75, 3.05) is 12.4 Å². The van der Waals surface area contributed by atoms with Crippen LogP contribution in [0.2, 0.25) is 0 Å². The van der Waals surface area contributed by atoms with Crippen LogP contribution in [0.5, 0.6) is 11.5 Å². The molecule has 110 valence electrons. The van der Waals surface area contributed by atoms with E-state index in [1.54, 1.807) is 12.1 Å². The van der Waals surface area contributed by atoms with Gasteiger partial charge in [0.05, 0.1) is 18.1 Å². The lowest BCUT2D eigenvalue weighted by Gasteiger charge is -2.10. The number of phenolic OH excluding ortho intramolecular Hbond substituents is 1. The molecular weight excluding hydrogens is 279 g/mol. The largest absolute Gasteiger partial charge is 0.507 e. The minimum absolute atomic E-state index is 0.00612. The Morgan fingerprint density at radius 2 is 2.10 bits per heavy atom. The summed E-state index contributed by atoms with van der Waals surface area (Å²) in [7, 11) is 1.48. The molecule has 6 nitrogen and oxygen atoms in total. The van der Waals surface area contributed by atoms with E-state index in [0.717, 1.165) is 12.1 Å². The van der Waals surface area contributed by atoms with E-state index in [2.05, 4.69) is 5.32 Å². The van der Waals surface area contributed by atoms with Gasteiger partial charge in [0.2, 0.25) is 0 Å². The van der Waals surface area contributed by atoms with E-state index in [1.165, 1.54) is 19.2 Å². The number of ether oxygens (including phenoxy) is 1. The molecule has 0 aliphatic heterocycles. The molecule has 0 unspecified atom stereocenters. The number of aromatic hydroxyl groups is 1. The predicted molar refractivity (Wildman–Crippen MR) is 75.0 cm³/mol. The number of anilines is 1. The number of nitro groups is 1. The summed E-state index contributed by atoms with van der Waals surface area (Å²) in [6, 6.07) is 8.00. The number of methoxy groups -OCH3 is 1. The predicted octanol–water partition coefficient (Wildman–Crippen LogP) is 3.06. The fourth-order valence-electron chi connectivity index (χ4n) is 1.82. The van der Waals surface area contributed by atoms with Gasteiger partial charge in [-0.2, -0.15) is 0 Å². The Kier molecular flexibility index (Phi) is 4.22. The summed E-state index contributed by atoms with van der Waals surface area (Å²) in [5, 5.41) is 23.5. The van der Waals surface area contributed by atoms with Crippen molar-refractivity contribution < 1.29 is 19.2 Å². The number of halogens is 1. The van der Waals surface area contributed by atoms with Crippen LogP contribution in [0.1, 0.15) is 5.56 Å². The number of nitrogens with zero attached hydrogens (tertiary/aromatic N) is 1. The Hall–Kier alpha value is -2.83. The van der Waals surface area contributed by atoms with Gasteiger partial charge >= 0.3 is 0 Å². The topological polar surface area (TPSA) is 84.6 Å². The normalized spacial score (nSPS) is 10.2. The number of hydrogen-bond acceptors (Lipinski definition) is 5. The van der Waals surface area contributed by atoms with Crippen LogP contribution < -0.4 is 10.1 Å². The van der Waals surface area contributed by atoms with Crippen molar-refractivity contribution in [2.45, 2.75) is 6.54 Å². The number of hydrogen-bond donors (Lipinski definition) is 2. The standard InChI is InChI=1S/C14H13FN2O4/c1-21-11-4-2-9(14(18)7-11)8-16-12-5-3-10(15)6-13(12)17(19)20/h2-7,16,18H,8H2,1H3. The highest BCUT2D eigenvalue weighted by Gasteiger charge is 2.15. The summed E-state index contributed by atoms with van der Waals surface area (Å²) in [5.74, 6) is -0.171. The molecule has 0 heterocycles. The van der Waals surface area contributed by atoms with Crippen molar-refractivity contribution in [1.29, 1.82) is 0 Å². The van der Waals surface area contributed by atoms with Crippen molar-refractivity contribution >= 4 is 11.4 Å². The lowest BCUT2D eigenvalue weighted by atomic mass is 10.2. The molecule has 0 fully saturated rings. The second kappa shape index (κ2) is 6.08. The zero-order valence-electron chi connectivity index (χ0n) is 11.2. The molecule has 7 heteroatoms. The van der Waals surface area contributed by atoms with E-state index in [-0.39, 0.29) is 23.7 Å². The zero-order valence-corrected chi connectivity index (χ0v) is 11.2. The van der Waals surface area contributed by atoms with Crippen molar-refractivity contribution in [3.8, 4) is 11.5 Å². The molecule has 0 atom stereocenters. The van der Waals surface area contributed by atoms with Gasteiger partial charge in [0.1, 0.15) is 23.0 Å². The van der Waals surface area contributed by atoms with Crippen molar-refractivity contribution in [1.82, 2.24) is 0 Å². The first-order valence-electron chi connectivity index (χ1n) is 6.05. The SMILES string of the molecule is COc1ccc(CNc2ccc(F)cc2[N+](=O)[O-])c(O)c1. The third-order valence-corrected chi connectivity index (χ3v) is 2.92. The van der Waals surface area contributed by atoms with Crippen molar-refractivity contribution in [3.63, 3.8) is 0 Å². The molecule has 0 radical (unpaired) electrons. The van der Waals surface area contributed by atoms with E-state index < -0.39 is 10.7 Å². The van der Waals surface area contributed by atoms with Gasteiger partial charge in [0.25, 0.3) is 5.69 Å². The molecule has 0 spiro atoms. The lowest BCUT2D eigenvalue weighted by molar-refractivity contribution is -0.384. The average molecular weight is 292 g/mol. The molecule has 0 aromatic heterocycles. The van der Waals surface area contributed by atoms with Crippen molar-refractivity contribution in [2.24, 2.45) is 0 Å². The van der Waals surface area contributed by atoms with Crippen LogP contribution in [0.3, 0.4) is 0 Å². The second-order valence-corrected chi connectivity index (χ2v) is 4.27. The lowest BCUT2D eigenvalue weighted by Crippen LogP contribution is -2.03. The average Bonchev–Trinajstić information content (AvgIpc) is 2.46. The quantitative estimate of drug-likeness (QED) is 0.653. The summed E-state index contributed by atoms with van der Waals surface area (Å²) in [6.45, 7) is 0.155. The summed E-state index contributed by atoms with van der Waals surface area (Å²) in [5.41, 5.74) is 0.356. The molecular formula is C14H13FN2O4. The van der Waals surface area contributed by atoms with Gasteiger partial charge in [0, 0.05) is 18.2 Å². The number of benzene rings is 2. The Morgan fingerprint density at radius 1 is 1.33 bits per heavy atom.